The molecular weight excluding hydrogens is 320 g/mol. The van der Waals surface area contributed by atoms with Crippen LogP contribution < -0.4 is 5.32 Å². The summed E-state index contributed by atoms with van der Waals surface area (Å²) >= 11 is 0. The Bertz CT molecular complexity index is 702. The van der Waals surface area contributed by atoms with E-state index < -0.39 is 21.9 Å². The lowest BCUT2D eigenvalue weighted by Gasteiger charge is -2.30. The van der Waals surface area contributed by atoms with E-state index in [9.17, 15) is 18.0 Å². The minimum absolute atomic E-state index is 0.158. The molecule has 0 aliphatic carbocycles. The van der Waals surface area contributed by atoms with Crippen LogP contribution in [0.5, 0.6) is 0 Å². The van der Waals surface area contributed by atoms with Crippen molar-refractivity contribution in [3.63, 3.8) is 0 Å². The summed E-state index contributed by atoms with van der Waals surface area (Å²) in [6.07, 6.45) is 2.38. The molecule has 126 valence electrons. The maximum Gasteiger partial charge on any atom is 0.339 e. The van der Waals surface area contributed by atoms with Crippen molar-refractivity contribution in [2.45, 2.75) is 12.8 Å². The molecule has 1 aliphatic heterocycles. The standard InChI is InChI=1S/C15H20N2O5S/c1-22-15(19)12-7-3-4-8-13(12)16-14(18)11-6-5-9-17(10-11)23(2,20)21/h3-4,7-8,11H,5-6,9-10H2,1-2H3,(H,16,18)/t11-/m1/s1. The van der Waals surface area contributed by atoms with E-state index in [1.165, 1.54) is 11.4 Å². The number of piperidine rings is 1. The summed E-state index contributed by atoms with van der Waals surface area (Å²) in [5.41, 5.74) is 0.625. The van der Waals surface area contributed by atoms with Crippen LogP contribution in [-0.2, 0) is 19.6 Å². The normalized spacial score (nSPS) is 19.1. The van der Waals surface area contributed by atoms with Gasteiger partial charge in [0.15, 0.2) is 0 Å². The Labute approximate surface area is 135 Å². The molecule has 0 saturated carbocycles. The lowest BCUT2D eigenvalue weighted by Crippen LogP contribution is -2.43. The fraction of sp³-hybridized carbons (Fsp3) is 0.467. The van der Waals surface area contributed by atoms with Crippen LogP contribution >= 0.6 is 0 Å². The number of carbonyl (C=O) groups excluding carboxylic acids is 2. The lowest BCUT2D eigenvalue weighted by molar-refractivity contribution is -0.120. The molecular formula is C15H20N2O5S. The average Bonchev–Trinajstić information content (AvgIpc) is 2.54. The molecule has 7 nitrogen and oxygen atoms in total. The molecule has 2 rings (SSSR count). The maximum atomic E-state index is 12.4. The second-order valence-corrected chi connectivity index (χ2v) is 7.47. The van der Waals surface area contributed by atoms with Crippen molar-refractivity contribution in [1.82, 2.24) is 4.31 Å². The smallest absolute Gasteiger partial charge is 0.339 e. The Kier molecular flexibility index (Phi) is 5.38. The van der Waals surface area contributed by atoms with Gasteiger partial charge in [0, 0.05) is 13.1 Å². The van der Waals surface area contributed by atoms with E-state index in [2.05, 4.69) is 10.1 Å². The third-order valence-corrected chi connectivity index (χ3v) is 5.08. The van der Waals surface area contributed by atoms with E-state index in [-0.39, 0.29) is 18.0 Å². The van der Waals surface area contributed by atoms with Gasteiger partial charge in [-0.2, -0.15) is 0 Å². The van der Waals surface area contributed by atoms with Gasteiger partial charge in [-0.05, 0) is 25.0 Å². The molecule has 1 amide bonds. The second-order valence-electron chi connectivity index (χ2n) is 5.49. The number of nitrogens with zero attached hydrogens (tertiary/aromatic N) is 1. The molecule has 0 spiro atoms. The highest BCUT2D eigenvalue weighted by atomic mass is 32.2. The Morgan fingerprint density at radius 3 is 2.65 bits per heavy atom. The molecule has 1 aromatic carbocycles. The molecule has 1 fully saturated rings. The van der Waals surface area contributed by atoms with Gasteiger partial charge in [-0.3, -0.25) is 4.79 Å². The first-order chi connectivity index (χ1) is 10.8. The Morgan fingerprint density at radius 1 is 1.30 bits per heavy atom. The van der Waals surface area contributed by atoms with Crippen LogP contribution in [-0.4, -0.2) is 51.1 Å². The van der Waals surface area contributed by atoms with E-state index in [0.29, 0.717) is 25.1 Å². The SMILES string of the molecule is COC(=O)c1ccccc1NC(=O)[C@@H]1CCCN(S(C)(=O)=O)C1. The molecule has 8 heteroatoms. The van der Waals surface area contributed by atoms with E-state index >= 15 is 0 Å². The number of ether oxygens (including phenoxy) is 1. The summed E-state index contributed by atoms with van der Waals surface area (Å²) in [4.78, 5) is 24.1. The highest BCUT2D eigenvalue weighted by Gasteiger charge is 2.30. The maximum absolute atomic E-state index is 12.4. The number of methoxy groups -OCH3 is 1. The van der Waals surface area contributed by atoms with E-state index in [1.807, 2.05) is 0 Å². The molecule has 1 N–H and O–H groups in total. The quantitative estimate of drug-likeness (QED) is 0.828. The van der Waals surface area contributed by atoms with E-state index in [4.69, 9.17) is 0 Å². The van der Waals surface area contributed by atoms with Crippen LogP contribution in [0.1, 0.15) is 23.2 Å². The van der Waals surface area contributed by atoms with Crippen LogP contribution in [0, 0.1) is 5.92 Å². The predicted octanol–water partition coefficient (Wildman–Crippen LogP) is 1.08. The Balaban J connectivity index is 2.12. The summed E-state index contributed by atoms with van der Waals surface area (Å²) in [5.74, 6) is -1.28. The highest BCUT2D eigenvalue weighted by molar-refractivity contribution is 7.88. The van der Waals surface area contributed by atoms with Gasteiger partial charge in [0.25, 0.3) is 0 Å². The van der Waals surface area contributed by atoms with Gasteiger partial charge >= 0.3 is 5.97 Å². The van der Waals surface area contributed by atoms with Crippen LogP contribution in [0.4, 0.5) is 5.69 Å². The van der Waals surface area contributed by atoms with Crippen molar-refractivity contribution < 1.29 is 22.7 Å². The summed E-state index contributed by atoms with van der Waals surface area (Å²) in [5, 5.41) is 2.71. The number of para-hydroxylation sites is 1. The number of hydrogen-bond acceptors (Lipinski definition) is 5. The zero-order valence-electron chi connectivity index (χ0n) is 13.1. The molecule has 1 atom stereocenters. The molecule has 0 aromatic heterocycles. The molecule has 0 radical (unpaired) electrons. The largest absolute Gasteiger partial charge is 0.465 e. The summed E-state index contributed by atoms with van der Waals surface area (Å²) in [6.45, 7) is 0.590. The monoisotopic (exact) mass is 340 g/mol. The molecule has 1 saturated heterocycles. The van der Waals surface area contributed by atoms with Crippen LogP contribution in [0.3, 0.4) is 0 Å². The minimum atomic E-state index is -3.31. The van der Waals surface area contributed by atoms with Gasteiger partial charge in [-0.1, -0.05) is 12.1 Å². The van der Waals surface area contributed by atoms with Crippen LogP contribution in [0.2, 0.25) is 0 Å². The van der Waals surface area contributed by atoms with Gasteiger partial charge in [0.1, 0.15) is 0 Å². The zero-order chi connectivity index (χ0) is 17.0. The number of hydrogen-bond donors (Lipinski definition) is 1. The van der Waals surface area contributed by atoms with Crippen LogP contribution in [0.15, 0.2) is 24.3 Å². The Hall–Kier alpha value is -1.93. The van der Waals surface area contributed by atoms with Crippen molar-refractivity contribution in [3.05, 3.63) is 29.8 Å². The third-order valence-electron chi connectivity index (χ3n) is 3.81. The van der Waals surface area contributed by atoms with Gasteiger partial charge < -0.3 is 10.1 Å². The second kappa shape index (κ2) is 7.10. The first kappa shape index (κ1) is 17.4. The molecule has 1 aliphatic rings. The first-order valence-electron chi connectivity index (χ1n) is 7.26. The number of esters is 1. The molecule has 0 bridgehead atoms. The fourth-order valence-corrected chi connectivity index (χ4v) is 3.48. The summed E-state index contributed by atoms with van der Waals surface area (Å²) in [6, 6.07) is 6.55. The number of sulfonamides is 1. The predicted molar refractivity (Wildman–Crippen MR) is 85.6 cm³/mol. The Morgan fingerprint density at radius 2 is 2.00 bits per heavy atom. The number of rotatable bonds is 4. The van der Waals surface area contributed by atoms with Crippen molar-refractivity contribution in [2.75, 3.05) is 31.8 Å². The molecule has 0 unspecified atom stereocenters. The van der Waals surface area contributed by atoms with E-state index in [0.717, 1.165) is 6.26 Å². The van der Waals surface area contributed by atoms with Crippen LogP contribution in [0.25, 0.3) is 0 Å². The third kappa shape index (κ3) is 4.29. The van der Waals surface area contributed by atoms with Gasteiger partial charge in [-0.25, -0.2) is 17.5 Å². The van der Waals surface area contributed by atoms with Crippen molar-refractivity contribution >= 4 is 27.6 Å². The van der Waals surface area contributed by atoms with Gasteiger partial charge in [0.05, 0.1) is 30.5 Å². The van der Waals surface area contributed by atoms with Crippen molar-refractivity contribution in [3.8, 4) is 0 Å². The first-order valence-corrected chi connectivity index (χ1v) is 9.11. The minimum Gasteiger partial charge on any atom is -0.465 e. The summed E-state index contributed by atoms with van der Waals surface area (Å²) < 4.78 is 29.3. The van der Waals surface area contributed by atoms with Crippen molar-refractivity contribution in [1.29, 1.82) is 0 Å². The van der Waals surface area contributed by atoms with Crippen molar-refractivity contribution in [2.24, 2.45) is 5.92 Å². The molecule has 1 aromatic rings. The number of nitrogens with one attached hydrogen (secondary N) is 1. The highest BCUT2D eigenvalue weighted by Crippen LogP contribution is 2.22. The zero-order valence-corrected chi connectivity index (χ0v) is 13.9. The number of carbonyl (C=O) groups is 2. The molecule has 23 heavy (non-hydrogen) atoms. The lowest BCUT2D eigenvalue weighted by atomic mass is 9.98. The van der Waals surface area contributed by atoms with Gasteiger partial charge in [-0.15, -0.1) is 0 Å². The average molecular weight is 340 g/mol. The number of amides is 1. The van der Waals surface area contributed by atoms with Gasteiger partial charge in [0.2, 0.25) is 15.9 Å². The summed E-state index contributed by atoms with van der Waals surface area (Å²) in [7, 11) is -2.04. The van der Waals surface area contributed by atoms with E-state index in [1.54, 1.807) is 24.3 Å². The number of benzene rings is 1. The topological polar surface area (TPSA) is 92.8 Å². The molecule has 1 heterocycles. The fourth-order valence-electron chi connectivity index (χ4n) is 2.57. The number of anilines is 1.